The van der Waals surface area contributed by atoms with Crippen molar-refractivity contribution in [1.29, 1.82) is 0 Å². The second kappa shape index (κ2) is 4.77. The van der Waals surface area contributed by atoms with Crippen LogP contribution in [0.25, 0.3) is 0 Å². The molecule has 0 aliphatic rings. The average Bonchev–Trinajstić information content (AvgIpc) is 2.14. The lowest BCUT2D eigenvalue weighted by molar-refractivity contribution is 0.490. The highest BCUT2D eigenvalue weighted by molar-refractivity contribution is 7.99. The molecule has 0 unspecified atom stereocenters. The van der Waals surface area contributed by atoms with E-state index in [1.807, 2.05) is 39.2 Å². The summed E-state index contributed by atoms with van der Waals surface area (Å²) in [6.07, 6.45) is 1.87. The Morgan fingerprint density at radius 1 is 1.19 bits per heavy atom. The molecule has 0 saturated carbocycles. The molecule has 0 spiro atoms. The zero-order chi connectivity index (χ0) is 12.4. The fraction of sp³-hybridized carbons (Fsp3) is 0.455. The second-order valence-corrected chi connectivity index (χ2v) is 7.01. The summed E-state index contributed by atoms with van der Waals surface area (Å²) >= 11 is 1.43. The van der Waals surface area contributed by atoms with E-state index < -0.39 is 15.6 Å². The summed E-state index contributed by atoms with van der Waals surface area (Å²) in [5.41, 5.74) is -0.468. The van der Waals surface area contributed by atoms with Gasteiger partial charge in [0, 0.05) is 10.4 Å². The number of rotatable bonds is 3. The standard InChI is InChI=1S/C11H17NO2S2/c1-11(2,3)12-16(13,14)10-8-6-5-7-9(10)15-4/h5-8,12H,1-4H3. The van der Waals surface area contributed by atoms with Crippen LogP contribution in [0.1, 0.15) is 20.8 Å². The van der Waals surface area contributed by atoms with Crippen molar-refractivity contribution in [2.75, 3.05) is 6.26 Å². The summed E-state index contributed by atoms with van der Waals surface area (Å²) in [6, 6.07) is 7.00. The maximum atomic E-state index is 12.1. The Kier molecular flexibility index (Phi) is 4.04. The lowest BCUT2D eigenvalue weighted by atomic mass is 10.1. The molecule has 0 heterocycles. The smallest absolute Gasteiger partial charge is 0.207 e. The minimum atomic E-state index is -3.43. The fourth-order valence-corrected chi connectivity index (χ4v) is 3.87. The Labute approximate surface area is 102 Å². The van der Waals surface area contributed by atoms with Crippen molar-refractivity contribution in [2.45, 2.75) is 36.1 Å². The highest BCUT2D eigenvalue weighted by Gasteiger charge is 2.23. The van der Waals surface area contributed by atoms with Gasteiger partial charge in [0.2, 0.25) is 10.0 Å². The minimum Gasteiger partial charge on any atom is -0.207 e. The Morgan fingerprint density at radius 3 is 2.25 bits per heavy atom. The molecular formula is C11H17NO2S2. The predicted molar refractivity (Wildman–Crippen MR) is 68.3 cm³/mol. The van der Waals surface area contributed by atoms with Gasteiger partial charge in [-0.1, -0.05) is 12.1 Å². The fourth-order valence-electron chi connectivity index (χ4n) is 1.30. The van der Waals surface area contributed by atoms with Crippen LogP contribution in [0.15, 0.2) is 34.1 Å². The third-order valence-electron chi connectivity index (χ3n) is 1.80. The average molecular weight is 259 g/mol. The van der Waals surface area contributed by atoms with Crippen LogP contribution in [-0.2, 0) is 10.0 Å². The number of nitrogens with one attached hydrogen (secondary N) is 1. The molecule has 1 aromatic rings. The minimum absolute atomic E-state index is 0.345. The van der Waals surface area contributed by atoms with Crippen LogP contribution in [0.3, 0.4) is 0 Å². The van der Waals surface area contributed by atoms with Crippen LogP contribution < -0.4 is 4.72 Å². The van der Waals surface area contributed by atoms with Gasteiger partial charge in [-0.2, -0.15) is 0 Å². The molecule has 0 fully saturated rings. The molecule has 1 aromatic carbocycles. The molecule has 1 rings (SSSR count). The van der Waals surface area contributed by atoms with Crippen molar-refractivity contribution in [3.8, 4) is 0 Å². The Hall–Kier alpha value is -0.520. The van der Waals surface area contributed by atoms with Crippen molar-refractivity contribution < 1.29 is 8.42 Å². The monoisotopic (exact) mass is 259 g/mol. The third-order valence-corrected chi connectivity index (χ3v) is 4.54. The molecule has 0 amide bonds. The van der Waals surface area contributed by atoms with E-state index in [4.69, 9.17) is 0 Å². The van der Waals surface area contributed by atoms with E-state index in [1.54, 1.807) is 12.1 Å². The van der Waals surface area contributed by atoms with Gasteiger partial charge < -0.3 is 0 Å². The molecule has 0 aromatic heterocycles. The van der Waals surface area contributed by atoms with E-state index in [1.165, 1.54) is 11.8 Å². The van der Waals surface area contributed by atoms with E-state index in [0.29, 0.717) is 4.90 Å². The highest BCUT2D eigenvalue weighted by atomic mass is 32.2. The van der Waals surface area contributed by atoms with Crippen LogP contribution in [0.2, 0.25) is 0 Å². The molecule has 0 radical (unpaired) electrons. The highest BCUT2D eigenvalue weighted by Crippen LogP contribution is 2.24. The molecular weight excluding hydrogens is 242 g/mol. The van der Waals surface area contributed by atoms with Gasteiger partial charge >= 0.3 is 0 Å². The molecule has 0 atom stereocenters. The lowest BCUT2D eigenvalue weighted by Gasteiger charge is -2.21. The van der Waals surface area contributed by atoms with E-state index in [2.05, 4.69) is 4.72 Å². The molecule has 0 bridgehead atoms. The maximum Gasteiger partial charge on any atom is 0.242 e. The molecule has 0 saturated heterocycles. The summed E-state index contributed by atoms with van der Waals surface area (Å²) in [6.45, 7) is 5.48. The van der Waals surface area contributed by atoms with Crippen molar-refractivity contribution in [1.82, 2.24) is 4.72 Å². The van der Waals surface area contributed by atoms with E-state index >= 15 is 0 Å². The molecule has 16 heavy (non-hydrogen) atoms. The summed E-state index contributed by atoms with van der Waals surface area (Å²) in [5, 5.41) is 0. The summed E-state index contributed by atoms with van der Waals surface area (Å²) in [5.74, 6) is 0. The Bertz CT molecular complexity index is 461. The Morgan fingerprint density at radius 2 is 1.75 bits per heavy atom. The number of sulfonamides is 1. The van der Waals surface area contributed by atoms with Gasteiger partial charge in [0.15, 0.2) is 0 Å². The van der Waals surface area contributed by atoms with Gasteiger partial charge in [0.25, 0.3) is 0 Å². The number of hydrogen-bond acceptors (Lipinski definition) is 3. The summed E-state index contributed by atoms with van der Waals surface area (Å²) < 4.78 is 26.9. The van der Waals surface area contributed by atoms with Gasteiger partial charge in [-0.3, -0.25) is 0 Å². The van der Waals surface area contributed by atoms with Crippen LogP contribution >= 0.6 is 11.8 Å². The first-order valence-corrected chi connectivity index (χ1v) is 7.64. The van der Waals surface area contributed by atoms with Crippen molar-refractivity contribution in [3.63, 3.8) is 0 Å². The Balaban J connectivity index is 3.17. The van der Waals surface area contributed by atoms with Crippen molar-refractivity contribution in [3.05, 3.63) is 24.3 Å². The van der Waals surface area contributed by atoms with Crippen LogP contribution in [0.4, 0.5) is 0 Å². The topological polar surface area (TPSA) is 46.2 Å². The molecule has 90 valence electrons. The van der Waals surface area contributed by atoms with Crippen molar-refractivity contribution in [2.24, 2.45) is 0 Å². The third kappa shape index (κ3) is 3.50. The predicted octanol–water partition coefficient (Wildman–Crippen LogP) is 2.49. The quantitative estimate of drug-likeness (QED) is 0.848. The number of hydrogen-bond donors (Lipinski definition) is 1. The first-order valence-electron chi connectivity index (χ1n) is 4.93. The first kappa shape index (κ1) is 13.5. The normalized spacial score (nSPS) is 12.8. The maximum absolute atomic E-state index is 12.1. The van der Waals surface area contributed by atoms with E-state index in [-0.39, 0.29) is 0 Å². The summed E-state index contributed by atoms with van der Waals surface area (Å²) in [4.78, 5) is 1.11. The number of benzene rings is 1. The van der Waals surface area contributed by atoms with Gasteiger partial charge in [0.05, 0.1) is 4.90 Å². The van der Waals surface area contributed by atoms with Gasteiger partial charge in [-0.25, -0.2) is 13.1 Å². The molecule has 1 N–H and O–H groups in total. The van der Waals surface area contributed by atoms with E-state index in [0.717, 1.165) is 4.90 Å². The zero-order valence-corrected chi connectivity index (χ0v) is 11.6. The number of thioether (sulfide) groups is 1. The van der Waals surface area contributed by atoms with E-state index in [9.17, 15) is 8.42 Å². The molecule has 5 heteroatoms. The zero-order valence-electron chi connectivity index (χ0n) is 9.94. The van der Waals surface area contributed by atoms with Gasteiger partial charge in [-0.15, -0.1) is 11.8 Å². The molecule has 0 aliphatic carbocycles. The summed E-state index contributed by atoms with van der Waals surface area (Å²) in [7, 11) is -3.43. The van der Waals surface area contributed by atoms with Crippen LogP contribution in [0.5, 0.6) is 0 Å². The molecule has 3 nitrogen and oxygen atoms in total. The van der Waals surface area contributed by atoms with Crippen LogP contribution in [-0.4, -0.2) is 20.2 Å². The largest absolute Gasteiger partial charge is 0.242 e. The SMILES string of the molecule is CSc1ccccc1S(=O)(=O)NC(C)(C)C. The first-order chi connectivity index (χ1) is 7.26. The van der Waals surface area contributed by atoms with Gasteiger partial charge in [0.1, 0.15) is 0 Å². The van der Waals surface area contributed by atoms with Gasteiger partial charge in [-0.05, 0) is 39.2 Å². The molecule has 0 aliphatic heterocycles. The van der Waals surface area contributed by atoms with Crippen LogP contribution in [0, 0.1) is 0 Å². The van der Waals surface area contributed by atoms with Crippen molar-refractivity contribution >= 4 is 21.8 Å². The second-order valence-electron chi connectivity index (χ2n) is 4.51. The lowest BCUT2D eigenvalue weighted by Crippen LogP contribution is -2.40.